The molecule has 2 aromatic carbocycles. The van der Waals surface area contributed by atoms with Gasteiger partial charge < -0.3 is 36.8 Å². The van der Waals surface area contributed by atoms with E-state index in [9.17, 15) is 24.3 Å². The van der Waals surface area contributed by atoms with Crippen LogP contribution in [0.3, 0.4) is 0 Å². The topological polar surface area (TPSA) is 195 Å². The Labute approximate surface area is 255 Å². The van der Waals surface area contributed by atoms with Crippen LogP contribution in [0.15, 0.2) is 73.3 Å². The number of carboxylic acids is 1. The number of imidazole rings is 1. The minimum Gasteiger partial charge on any atom is -0.480 e. The molecule has 8 N–H and O–H groups in total. The van der Waals surface area contributed by atoms with Gasteiger partial charge in [-0.3, -0.25) is 14.4 Å². The second kappa shape index (κ2) is 15.0. The van der Waals surface area contributed by atoms with Crippen LogP contribution < -0.4 is 21.7 Å². The van der Waals surface area contributed by atoms with Gasteiger partial charge in [0.2, 0.25) is 17.7 Å². The van der Waals surface area contributed by atoms with Crippen LogP contribution in [-0.4, -0.2) is 67.9 Å². The molecule has 12 heteroatoms. The largest absolute Gasteiger partial charge is 0.480 e. The number of aromatic amines is 2. The smallest absolute Gasteiger partial charge is 0.326 e. The summed E-state index contributed by atoms with van der Waals surface area (Å²) in [6.07, 6.45) is 5.57. The summed E-state index contributed by atoms with van der Waals surface area (Å²) in [6.45, 7) is 3.72. The van der Waals surface area contributed by atoms with Crippen LogP contribution in [0.2, 0.25) is 0 Å². The van der Waals surface area contributed by atoms with Crippen LogP contribution in [0, 0.1) is 5.92 Å². The van der Waals surface area contributed by atoms with Gasteiger partial charge in [0.25, 0.3) is 0 Å². The second-order valence-electron chi connectivity index (χ2n) is 11.0. The van der Waals surface area contributed by atoms with E-state index in [1.807, 2.05) is 68.4 Å². The average molecular weight is 602 g/mol. The van der Waals surface area contributed by atoms with Crippen LogP contribution in [-0.2, 0) is 38.4 Å². The predicted octanol–water partition coefficient (Wildman–Crippen LogP) is 1.83. The summed E-state index contributed by atoms with van der Waals surface area (Å²) >= 11 is 0. The molecule has 2 aromatic heterocycles. The lowest BCUT2D eigenvalue weighted by Crippen LogP contribution is -2.59. The number of H-pyrrole nitrogens is 2. The van der Waals surface area contributed by atoms with Crippen molar-refractivity contribution in [3.05, 3.63) is 90.1 Å². The molecule has 5 atom stereocenters. The molecular formula is C32H39N7O5. The molecule has 0 aliphatic carbocycles. The number of hydrogen-bond acceptors (Lipinski definition) is 6. The number of nitrogens with one attached hydrogen (secondary N) is 5. The summed E-state index contributed by atoms with van der Waals surface area (Å²) in [7, 11) is 0. The van der Waals surface area contributed by atoms with Crippen molar-refractivity contribution in [3.8, 4) is 0 Å². The van der Waals surface area contributed by atoms with E-state index in [4.69, 9.17) is 5.73 Å². The third kappa shape index (κ3) is 8.32. The molecule has 0 aliphatic rings. The van der Waals surface area contributed by atoms with Crippen LogP contribution in [0.1, 0.15) is 37.1 Å². The van der Waals surface area contributed by atoms with Crippen LogP contribution in [0.5, 0.6) is 0 Å². The van der Waals surface area contributed by atoms with Gasteiger partial charge in [0, 0.05) is 41.8 Å². The maximum absolute atomic E-state index is 13.8. The van der Waals surface area contributed by atoms with E-state index in [-0.39, 0.29) is 18.8 Å². The molecule has 0 bridgehead atoms. The first-order valence-electron chi connectivity index (χ1n) is 14.6. The second-order valence-corrected chi connectivity index (χ2v) is 11.0. The number of rotatable bonds is 15. The Balaban J connectivity index is 1.54. The van der Waals surface area contributed by atoms with Crippen molar-refractivity contribution >= 4 is 34.6 Å². The SMILES string of the molecule is CCC(C)C(NC(=O)C(N)Cc1ccccc1)C(=O)NC(Cc1c[nH]c2ccccc12)C(=O)NC(Cc1cnc[nH]1)C(=O)O. The maximum atomic E-state index is 13.8. The van der Waals surface area contributed by atoms with Crippen LogP contribution >= 0.6 is 0 Å². The molecule has 44 heavy (non-hydrogen) atoms. The molecule has 0 aliphatic heterocycles. The van der Waals surface area contributed by atoms with Gasteiger partial charge in [-0.1, -0.05) is 68.8 Å². The Hall–Kier alpha value is -4.97. The molecule has 12 nitrogen and oxygen atoms in total. The first kappa shape index (κ1) is 32.0. The lowest BCUT2D eigenvalue weighted by atomic mass is 9.96. The Morgan fingerprint density at radius 1 is 0.864 bits per heavy atom. The van der Waals surface area contributed by atoms with E-state index in [1.54, 1.807) is 6.20 Å². The summed E-state index contributed by atoms with van der Waals surface area (Å²) in [6, 6.07) is 12.6. The molecule has 4 rings (SSSR count). The summed E-state index contributed by atoms with van der Waals surface area (Å²) in [4.78, 5) is 62.5. The van der Waals surface area contributed by atoms with Gasteiger partial charge >= 0.3 is 5.97 Å². The number of carboxylic acid groups (broad SMARTS) is 1. The average Bonchev–Trinajstić information content (AvgIpc) is 3.69. The number of hydrogen-bond donors (Lipinski definition) is 7. The molecule has 232 valence electrons. The zero-order valence-electron chi connectivity index (χ0n) is 24.7. The zero-order chi connectivity index (χ0) is 31.6. The van der Waals surface area contributed by atoms with E-state index in [2.05, 4.69) is 30.9 Å². The van der Waals surface area contributed by atoms with Crippen molar-refractivity contribution in [2.45, 2.75) is 63.7 Å². The molecule has 4 aromatic rings. The van der Waals surface area contributed by atoms with Crippen molar-refractivity contribution in [2.24, 2.45) is 11.7 Å². The van der Waals surface area contributed by atoms with Gasteiger partial charge in [-0.2, -0.15) is 0 Å². The molecule has 5 unspecified atom stereocenters. The van der Waals surface area contributed by atoms with E-state index in [0.717, 1.165) is 22.0 Å². The number of nitrogens with zero attached hydrogens (tertiary/aromatic N) is 1. The number of aromatic nitrogens is 3. The predicted molar refractivity (Wildman–Crippen MR) is 165 cm³/mol. The number of fused-ring (bicyclic) bond motifs is 1. The first-order chi connectivity index (χ1) is 21.2. The fraction of sp³-hybridized carbons (Fsp3) is 0.344. The summed E-state index contributed by atoms with van der Waals surface area (Å²) in [5, 5.41) is 18.9. The Morgan fingerprint density at radius 2 is 1.57 bits per heavy atom. The van der Waals surface area contributed by atoms with Crippen LogP contribution in [0.25, 0.3) is 10.9 Å². The highest BCUT2D eigenvalue weighted by Gasteiger charge is 2.33. The van der Waals surface area contributed by atoms with E-state index in [0.29, 0.717) is 18.5 Å². The molecular weight excluding hydrogens is 562 g/mol. The van der Waals surface area contributed by atoms with Gasteiger partial charge in [0.15, 0.2) is 0 Å². The highest BCUT2D eigenvalue weighted by molar-refractivity contribution is 5.95. The molecule has 0 saturated carbocycles. The van der Waals surface area contributed by atoms with E-state index < -0.39 is 47.9 Å². The van der Waals surface area contributed by atoms with E-state index >= 15 is 0 Å². The minimum absolute atomic E-state index is 0.0281. The lowest BCUT2D eigenvalue weighted by molar-refractivity contribution is -0.142. The lowest BCUT2D eigenvalue weighted by Gasteiger charge is -2.28. The quantitative estimate of drug-likeness (QED) is 0.108. The Bertz CT molecular complexity index is 1550. The standard InChI is InChI=1S/C32H39N7O5/c1-3-19(2)28(39-29(40)24(33)13-20-9-5-4-6-10-20)31(42)37-26(14-21-16-35-25-12-8-7-11-23(21)25)30(41)38-27(32(43)44)15-22-17-34-18-36-22/h4-12,16-19,24,26-28,35H,3,13-15,33H2,1-2H3,(H,34,36)(H,37,42)(H,38,41)(H,39,40)(H,43,44). The Morgan fingerprint density at radius 3 is 2.25 bits per heavy atom. The highest BCUT2D eigenvalue weighted by Crippen LogP contribution is 2.20. The van der Waals surface area contributed by atoms with Crippen molar-refractivity contribution in [1.82, 2.24) is 30.9 Å². The number of carbonyl (C=O) groups excluding carboxylic acids is 3. The maximum Gasteiger partial charge on any atom is 0.326 e. The summed E-state index contributed by atoms with van der Waals surface area (Å²) in [5.74, 6) is -3.25. The van der Waals surface area contributed by atoms with Crippen molar-refractivity contribution in [2.75, 3.05) is 0 Å². The molecule has 0 saturated heterocycles. The van der Waals surface area contributed by atoms with Crippen molar-refractivity contribution in [3.63, 3.8) is 0 Å². The third-order valence-electron chi connectivity index (χ3n) is 7.75. The number of benzene rings is 2. The molecule has 0 radical (unpaired) electrons. The zero-order valence-corrected chi connectivity index (χ0v) is 24.7. The molecule has 0 fully saturated rings. The fourth-order valence-electron chi connectivity index (χ4n) is 5.00. The van der Waals surface area contributed by atoms with Gasteiger partial charge in [-0.25, -0.2) is 9.78 Å². The normalized spacial score (nSPS) is 14.6. The van der Waals surface area contributed by atoms with Gasteiger partial charge in [-0.05, 0) is 29.5 Å². The number of amides is 3. The van der Waals surface area contributed by atoms with Gasteiger partial charge in [0.1, 0.15) is 18.1 Å². The molecule has 0 spiro atoms. The van der Waals surface area contributed by atoms with Gasteiger partial charge in [0.05, 0.1) is 12.4 Å². The minimum atomic E-state index is -1.27. The number of para-hydroxylation sites is 1. The third-order valence-corrected chi connectivity index (χ3v) is 7.75. The fourth-order valence-corrected chi connectivity index (χ4v) is 5.00. The monoisotopic (exact) mass is 601 g/mol. The van der Waals surface area contributed by atoms with Crippen molar-refractivity contribution in [1.29, 1.82) is 0 Å². The first-order valence-corrected chi connectivity index (χ1v) is 14.6. The summed E-state index contributed by atoms with van der Waals surface area (Å²) in [5.41, 5.74) is 9.23. The number of carbonyl (C=O) groups is 4. The van der Waals surface area contributed by atoms with Crippen molar-refractivity contribution < 1.29 is 24.3 Å². The number of aliphatic carboxylic acids is 1. The highest BCUT2D eigenvalue weighted by atomic mass is 16.4. The molecule has 3 amide bonds. The Kier molecular flexibility index (Phi) is 10.9. The molecule has 2 heterocycles. The summed E-state index contributed by atoms with van der Waals surface area (Å²) < 4.78 is 0. The number of nitrogens with two attached hydrogens (primary N) is 1. The van der Waals surface area contributed by atoms with Gasteiger partial charge in [-0.15, -0.1) is 0 Å². The van der Waals surface area contributed by atoms with E-state index in [1.165, 1.54) is 12.5 Å². The van der Waals surface area contributed by atoms with Crippen LogP contribution in [0.4, 0.5) is 0 Å².